The van der Waals surface area contributed by atoms with Crippen molar-refractivity contribution < 1.29 is 9.90 Å². The second kappa shape index (κ2) is 6.11. The molecule has 0 bridgehead atoms. The highest BCUT2D eigenvalue weighted by atomic mass is 16.3. The van der Waals surface area contributed by atoms with Crippen LogP contribution in [0.2, 0.25) is 0 Å². The highest BCUT2D eigenvalue weighted by Crippen LogP contribution is 2.21. The Morgan fingerprint density at radius 2 is 2.00 bits per heavy atom. The van der Waals surface area contributed by atoms with Gasteiger partial charge in [0.25, 0.3) is 0 Å². The Bertz CT molecular complexity index is 196. The Hall–Kier alpha value is -0.570. The molecule has 3 heteroatoms. The third kappa shape index (κ3) is 4.20. The summed E-state index contributed by atoms with van der Waals surface area (Å²) in [7, 11) is 0. The zero-order valence-electron chi connectivity index (χ0n) is 9.91. The number of hydrogen-bond donors (Lipinski definition) is 1. The number of nitrogens with zero attached hydrogens (tertiary/aromatic N) is 1. The molecule has 0 atom stereocenters. The fourth-order valence-corrected chi connectivity index (χ4v) is 2.13. The van der Waals surface area contributed by atoms with E-state index in [-0.39, 0.29) is 6.61 Å². The van der Waals surface area contributed by atoms with Crippen molar-refractivity contribution in [1.29, 1.82) is 0 Å². The molecule has 0 unspecified atom stereocenters. The molecule has 0 aromatic heterocycles. The number of amides is 1. The van der Waals surface area contributed by atoms with Crippen LogP contribution in [0.25, 0.3) is 0 Å². The van der Waals surface area contributed by atoms with E-state index in [2.05, 4.69) is 13.8 Å². The lowest BCUT2D eigenvalue weighted by Crippen LogP contribution is -2.39. The second-order valence-electron chi connectivity index (χ2n) is 4.93. The third-order valence-corrected chi connectivity index (χ3v) is 3.09. The summed E-state index contributed by atoms with van der Waals surface area (Å²) in [6.45, 7) is 6.21. The van der Waals surface area contributed by atoms with Gasteiger partial charge in [-0.05, 0) is 31.1 Å². The highest BCUT2D eigenvalue weighted by molar-refractivity contribution is 5.76. The van der Waals surface area contributed by atoms with E-state index in [9.17, 15) is 4.79 Å². The van der Waals surface area contributed by atoms with Crippen molar-refractivity contribution in [2.45, 2.75) is 39.5 Å². The molecule has 1 rings (SSSR count). The van der Waals surface area contributed by atoms with Crippen LogP contribution in [0, 0.1) is 11.8 Å². The van der Waals surface area contributed by atoms with Gasteiger partial charge >= 0.3 is 0 Å². The number of piperidine rings is 1. The van der Waals surface area contributed by atoms with Crippen LogP contribution in [-0.4, -0.2) is 35.6 Å². The summed E-state index contributed by atoms with van der Waals surface area (Å²) in [6, 6.07) is 0. The zero-order valence-corrected chi connectivity index (χ0v) is 9.91. The Kier molecular flexibility index (Phi) is 5.09. The molecule has 3 nitrogen and oxygen atoms in total. The quantitative estimate of drug-likeness (QED) is 0.771. The van der Waals surface area contributed by atoms with Crippen LogP contribution in [0.3, 0.4) is 0 Å². The van der Waals surface area contributed by atoms with Gasteiger partial charge in [0.2, 0.25) is 5.91 Å². The van der Waals surface area contributed by atoms with Gasteiger partial charge < -0.3 is 10.0 Å². The molecule has 1 amide bonds. The van der Waals surface area contributed by atoms with Crippen molar-refractivity contribution in [3.05, 3.63) is 0 Å². The first-order valence-electron chi connectivity index (χ1n) is 6.02. The first kappa shape index (κ1) is 12.5. The molecule has 1 aliphatic rings. The summed E-state index contributed by atoms with van der Waals surface area (Å²) in [6.07, 6.45) is 3.69. The molecule has 0 aromatic carbocycles. The Labute approximate surface area is 92.5 Å². The smallest absolute Gasteiger partial charge is 0.222 e. The summed E-state index contributed by atoms with van der Waals surface area (Å²) < 4.78 is 0. The molecular weight excluding hydrogens is 190 g/mol. The monoisotopic (exact) mass is 213 g/mol. The van der Waals surface area contributed by atoms with Crippen molar-refractivity contribution in [2.75, 3.05) is 19.7 Å². The van der Waals surface area contributed by atoms with Crippen molar-refractivity contribution in [2.24, 2.45) is 11.8 Å². The molecule has 0 saturated carbocycles. The van der Waals surface area contributed by atoms with E-state index in [4.69, 9.17) is 5.11 Å². The summed E-state index contributed by atoms with van der Waals surface area (Å²) in [4.78, 5) is 13.7. The molecule has 1 fully saturated rings. The van der Waals surface area contributed by atoms with E-state index < -0.39 is 0 Å². The van der Waals surface area contributed by atoms with Gasteiger partial charge in [-0.2, -0.15) is 0 Å². The minimum absolute atomic E-state index is 0.282. The standard InChI is InChI=1S/C12H23NO2/c1-10(2)9-12(15)13-6-3-11(4-7-13)5-8-14/h10-11,14H,3-9H2,1-2H3. The Morgan fingerprint density at radius 1 is 1.40 bits per heavy atom. The number of rotatable bonds is 4. The molecule has 0 aromatic rings. The van der Waals surface area contributed by atoms with Gasteiger partial charge in [0.1, 0.15) is 0 Å². The van der Waals surface area contributed by atoms with E-state index in [1.54, 1.807) is 0 Å². The molecule has 1 N–H and O–H groups in total. The maximum absolute atomic E-state index is 11.7. The summed E-state index contributed by atoms with van der Waals surface area (Å²) >= 11 is 0. The fourth-order valence-electron chi connectivity index (χ4n) is 2.13. The van der Waals surface area contributed by atoms with Crippen molar-refractivity contribution in [3.8, 4) is 0 Å². The minimum Gasteiger partial charge on any atom is -0.396 e. The van der Waals surface area contributed by atoms with E-state index in [1.165, 1.54) is 0 Å². The van der Waals surface area contributed by atoms with Crippen LogP contribution in [-0.2, 0) is 4.79 Å². The number of likely N-dealkylation sites (tertiary alicyclic amines) is 1. The van der Waals surface area contributed by atoms with Gasteiger partial charge in [-0.3, -0.25) is 4.79 Å². The van der Waals surface area contributed by atoms with Gasteiger partial charge in [0.15, 0.2) is 0 Å². The predicted molar refractivity (Wildman–Crippen MR) is 60.5 cm³/mol. The number of aliphatic hydroxyl groups is 1. The molecule has 1 aliphatic heterocycles. The zero-order chi connectivity index (χ0) is 11.3. The molecule has 0 aliphatic carbocycles. The van der Waals surface area contributed by atoms with Gasteiger partial charge in [-0.1, -0.05) is 13.8 Å². The van der Waals surface area contributed by atoms with E-state index in [0.29, 0.717) is 24.2 Å². The molecule has 0 radical (unpaired) electrons. The predicted octanol–water partition coefficient (Wildman–Crippen LogP) is 1.65. The number of hydrogen-bond acceptors (Lipinski definition) is 2. The summed E-state index contributed by atoms with van der Waals surface area (Å²) in [5.74, 6) is 1.37. The van der Waals surface area contributed by atoms with Crippen molar-refractivity contribution in [3.63, 3.8) is 0 Å². The molecule has 1 saturated heterocycles. The lowest BCUT2D eigenvalue weighted by Gasteiger charge is -2.32. The average Bonchev–Trinajstić information content (AvgIpc) is 2.18. The number of carbonyl (C=O) groups is 1. The first-order valence-corrected chi connectivity index (χ1v) is 6.02. The summed E-state index contributed by atoms with van der Waals surface area (Å²) in [5, 5.41) is 8.83. The van der Waals surface area contributed by atoms with E-state index in [0.717, 1.165) is 32.4 Å². The first-order chi connectivity index (χ1) is 7.13. The maximum Gasteiger partial charge on any atom is 0.222 e. The van der Waals surface area contributed by atoms with Crippen LogP contribution in [0.15, 0.2) is 0 Å². The van der Waals surface area contributed by atoms with Gasteiger partial charge in [-0.25, -0.2) is 0 Å². The van der Waals surface area contributed by atoms with Crippen molar-refractivity contribution in [1.82, 2.24) is 4.90 Å². The lowest BCUT2D eigenvalue weighted by molar-refractivity contribution is -0.133. The van der Waals surface area contributed by atoms with Crippen LogP contribution in [0.5, 0.6) is 0 Å². The average molecular weight is 213 g/mol. The minimum atomic E-state index is 0.282. The van der Waals surface area contributed by atoms with Crippen LogP contribution >= 0.6 is 0 Å². The van der Waals surface area contributed by atoms with Gasteiger partial charge in [-0.15, -0.1) is 0 Å². The summed E-state index contributed by atoms with van der Waals surface area (Å²) in [5.41, 5.74) is 0. The second-order valence-corrected chi connectivity index (χ2v) is 4.93. The Balaban J connectivity index is 2.27. The van der Waals surface area contributed by atoms with Crippen LogP contribution < -0.4 is 0 Å². The van der Waals surface area contributed by atoms with E-state index >= 15 is 0 Å². The molecule has 88 valence electrons. The molecular formula is C12H23NO2. The maximum atomic E-state index is 11.7. The van der Waals surface area contributed by atoms with Gasteiger partial charge in [0, 0.05) is 26.1 Å². The fraction of sp³-hybridized carbons (Fsp3) is 0.917. The topological polar surface area (TPSA) is 40.5 Å². The molecule has 15 heavy (non-hydrogen) atoms. The lowest BCUT2D eigenvalue weighted by atomic mass is 9.93. The SMILES string of the molecule is CC(C)CC(=O)N1CCC(CCO)CC1. The highest BCUT2D eigenvalue weighted by Gasteiger charge is 2.22. The van der Waals surface area contributed by atoms with Crippen LogP contribution in [0.4, 0.5) is 0 Å². The van der Waals surface area contributed by atoms with Gasteiger partial charge in [0.05, 0.1) is 0 Å². The van der Waals surface area contributed by atoms with Crippen molar-refractivity contribution >= 4 is 5.91 Å². The van der Waals surface area contributed by atoms with Crippen LogP contribution in [0.1, 0.15) is 39.5 Å². The number of aliphatic hydroxyl groups excluding tert-OH is 1. The third-order valence-electron chi connectivity index (χ3n) is 3.09. The Morgan fingerprint density at radius 3 is 2.47 bits per heavy atom. The van der Waals surface area contributed by atoms with E-state index in [1.807, 2.05) is 4.90 Å². The molecule has 1 heterocycles. The largest absolute Gasteiger partial charge is 0.396 e. The molecule has 0 spiro atoms. The normalized spacial score (nSPS) is 18.5. The number of carbonyl (C=O) groups excluding carboxylic acids is 1.